The largest absolute Gasteiger partial charge is 0.496 e. The normalized spacial score (nSPS) is 11.6. The first-order chi connectivity index (χ1) is 13.4. The number of benzene rings is 2. The first-order valence-electron chi connectivity index (χ1n) is 8.32. The molecule has 3 rings (SSSR count). The Morgan fingerprint density at radius 1 is 1.36 bits per heavy atom. The van der Waals surface area contributed by atoms with Crippen LogP contribution in [0.15, 0.2) is 40.8 Å². The maximum Gasteiger partial charge on any atom is 0.304 e. The van der Waals surface area contributed by atoms with E-state index in [2.05, 4.69) is 16.3 Å². The summed E-state index contributed by atoms with van der Waals surface area (Å²) in [5.74, 6) is -0.665. The van der Waals surface area contributed by atoms with Crippen LogP contribution in [0.3, 0.4) is 0 Å². The number of aryl methyl sites for hydroxylation is 1. The molecule has 0 radical (unpaired) electrons. The van der Waals surface area contributed by atoms with Gasteiger partial charge < -0.3 is 14.3 Å². The van der Waals surface area contributed by atoms with E-state index in [4.69, 9.17) is 20.8 Å². The molecule has 0 aliphatic heterocycles. The van der Waals surface area contributed by atoms with Crippen molar-refractivity contribution in [2.45, 2.75) is 19.3 Å². The summed E-state index contributed by atoms with van der Waals surface area (Å²) in [6.45, 7) is 1.63. The summed E-state index contributed by atoms with van der Waals surface area (Å²) in [7, 11) is 1.51. The average molecular weight is 398 g/mol. The molecule has 1 atom stereocenters. The fraction of sp³-hybridized carbons (Fsp3) is 0.200. The molecule has 0 amide bonds. The molecule has 1 heterocycles. The van der Waals surface area contributed by atoms with Crippen LogP contribution in [-0.2, 0) is 4.79 Å². The molecule has 0 aliphatic rings. The Morgan fingerprint density at radius 3 is 2.75 bits per heavy atom. The van der Waals surface area contributed by atoms with Gasteiger partial charge in [-0.2, -0.15) is 5.26 Å². The fourth-order valence-electron chi connectivity index (χ4n) is 3.03. The first-order valence-corrected chi connectivity index (χ1v) is 8.70. The highest BCUT2D eigenvalue weighted by molar-refractivity contribution is 6.31. The van der Waals surface area contributed by atoms with E-state index in [0.717, 1.165) is 0 Å². The molecule has 3 aromatic rings. The number of nitriles is 1. The maximum absolute atomic E-state index is 11.4. The minimum absolute atomic E-state index is 0.189. The predicted octanol–water partition coefficient (Wildman–Crippen LogP) is 4.19. The van der Waals surface area contributed by atoms with Gasteiger partial charge in [0.1, 0.15) is 5.75 Å². The van der Waals surface area contributed by atoms with Crippen LogP contribution in [0.25, 0.3) is 11.1 Å². The minimum Gasteiger partial charge on any atom is -0.496 e. The van der Waals surface area contributed by atoms with Gasteiger partial charge in [0.2, 0.25) is 11.8 Å². The summed E-state index contributed by atoms with van der Waals surface area (Å²) in [6, 6.07) is 12.4. The molecule has 1 N–H and O–H groups in total. The number of carboxylic acid groups (broad SMARTS) is 1. The lowest BCUT2D eigenvalue weighted by molar-refractivity contribution is -0.137. The quantitative estimate of drug-likeness (QED) is 0.664. The van der Waals surface area contributed by atoms with Crippen molar-refractivity contribution in [2.24, 2.45) is 0 Å². The summed E-state index contributed by atoms with van der Waals surface area (Å²) in [6.07, 6.45) is -0.252. The van der Waals surface area contributed by atoms with Gasteiger partial charge in [-0.1, -0.05) is 23.7 Å². The molecular formula is C20H16ClN3O4. The topological polar surface area (TPSA) is 109 Å². The van der Waals surface area contributed by atoms with E-state index in [9.17, 15) is 15.2 Å². The maximum atomic E-state index is 11.4. The van der Waals surface area contributed by atoms with Gasteiger partial charge in [-0.3, -0.25) is 4.79 Å². The number of hydrogen-bond donors (Lipinski definition) is 1. The number of nitrogens with zero attached hydrogens (tertiary/aromatic N) is 3. The molecule has 7 nitrogen and oxygen atoms in total. The molecule has 142 valence electrons. The number of halogens is 1. The molecule has 0 saturated carbocycles. The van der Waals surface area contributed by atoms with Crippen molar-refractivity contribution in [3.05, 3.63) is 64.3 Å². The molecule has 0 aliphatic carbocycles. The number of carbonyl (C=O) groups is 1. The molecule has 0 spiro atoms. The number of ether oxygens (including phenoxy) is 1. The van der Waals surface area contributed by atoms with Gasteiger partial charge in [-0.05, 0) is 35.4 Å². The SMILES string of the molecule is COc1cccc(C#N)c1-c1cc(Cl)cc(C(CC(=O)O)c2nnc(C)o2)c1. The predicted molar refractivity (Wildman–Crippen MR) is 101 cm³/mol. The molecule has 1 unspecified atom stereocenters. The summed E-state index contributed by atoms with van der Waals surface area (Å²) in [5, 5.41) is 27.0. The van der Waals surface area contributed by atoms with Crippen LogP contribution >= 0.6 is 11.6 Å². The molecule has 2 aromatic carbocycles. The highest BCUT2D eigenvalue weighted by Gasteiger charge is 2.25. The van der Waals surface area contributed by atoms with Gasteiger partial charge in [0, 0.05) is 17.5 Å². The molecular weight excluding hydrogens is 382 g/mol. The van der Waals surface area contributed by atoms with Crippen LogP contribution < -0.4 is 4.74 Å². The minimum atomic E-state index is -1.02. The van der Waals surface area contributed by atoms with Gasteiger partial charge in [0.15, 0.2) is 0 Å². The second-order valence-electron chi connectivity index (χ2n) is 6.08. The van der Waals surface area contributed by atoms with Crippen molar-refractivity contribution in [2.75, 3.05) is 7.11 Å². The number of aromatic nitrogens is 2. The highest BCUT2D eigenvalue weighted by atomic mass is 35.5. The Balaban J connectivity index is 2.19. The third-order valence-corrected chi connectivity index (χ3v) is 4.41. The molecule has 1 aromatic heterocycles. The Kier molecular flexibility index (Phi) is 5.62. The van der Waals surface area contributed by atoms with Crippen LogP contribution in [0.1, 0.15) is 35.2 Å². The number of hydrogen-bond acceptors (Lipinski definition) is 6. The van der Waals surface area contributed by atoms with Gasteiger partial charge in [-0.15, -0.1) is 10.2 Å². The van der Waals surface area contributed by atoms with Crippen molar-refractivity contribution in [3.63, 3.8) is 0 Å². The summed E-state index contributed by atoms with van der Waals surface area (Å²) < 4.78 is 10.9. The second kappa shape index (κ2) is 8.11. The van der Waals surface area contributed by atoms with Crippen molar-refractivity contribution in [1.82, 2.24) is 10.2 Å². The van der Waals surface area contributed by atoms with Crippen molar-refractivity contribution in [1.29, 1.82) is 5.26 Å². The monoisotopic (exact) mass is 397 g/mol. The Hall–Kier alpha value is -3.37. The molecule has 0 fully saturated rings. The van der Waals surface area contributed by atoms with Crippen LogP contribution in [0.2, 0.25) is 5.02 Å². The zero-order valence-electron chi connectivity index (χ0n) is 15.1. The summed E-state index contributed by atoms with van der Waals surface area (Å²) in [4.78, 5) is 11.4. The van der Waals surface area contributed by atoms with Crippen LogP contribution in [0.5, 0.6) is 5.75 Å². The van der Waals surface area contributed by atoms with Gasteiger partial charge in [0.05, 0.1) is 31.1 Å². The smallest absolute Gasteiger partial charge is 0.304 e. The lowest BCUT2D eigenvalue weighted by Crippen LogP contribution is -2.09. The Bertz CT molecular complexity index is 1070. The van der Waals surface area contributed by atoms with Gasteiger partial charge >= 0.3 is 5.97 Å². The third-order valence-electron chi connectivity index (χ3n) is 4.20. The molecule has 8 heteroatoms. The van der Waals surface area contributed by atoms with E-state index in [1.165, 1.54) is 7.11 Å². The first kappa shape index (κ1) is 19.4. The van der Waals surface area contributed by atoms with Crippen molar-refractivity contribution < 1.29 is 19.1 Å². The Morgan fingerprint density at radius 2 is 2.14 bits per heavy atom. The van der Waals surface area contributed by atoms with Crippen LogP contribution in [-0.4, -0.2) is 28.4 Å². The summed E-state index contributed by atoms with van der Waals surface area (Å²) in [5.41, 5.74) is 2.20. The molecule has 0 bridgehead atoms. The average Bonchev–Trinajstić information content (AvgIpc) is 3.10. The zero-order valence-corrected chi connectivity index (χ0v) is 15.9. The number of aliphatic carboxylic acids is 1. The number of carboxylic acids is 1. The zero-order chi connectivity index (χ0) is 20.3. The second-order valence-corrected chi connectivity index (χ2v) is 6.51. The number of rotatable bonds is 6. The molecule has 0 saturated heterocycles. The van der Waals surface area contributed by atoms with E-state index in [1.807, 2.05) is 0 Å². The lowest BCUT2D eigenvalue weighted by Gasteiger charge is -2.16. The van der Waals surface area contributed by atoms with E-state index in [0.29, 0.717) is 38.9 Å². The van der Waals surface area contributed by atoms with E-state index in [-0.39, 0.29) is 12.3 Å². The van der Waals surface area contributed by atoms with E-state index < -0.39 is 11.9 Å². The van der Waals surface area contributed by atoms with Crippen LogP contribution in [0.4, 0.5) is 0 Å². The molecule has 28 heavy (non-hydrogen) atoms. The van der Waals surface area contributed by atoms with Crippen molar-refractivity contribution in [3.8, 4) is 22.9 Å². The standard InChI is InChI=1S/C20H16ClN3O4/c1-11-23-24-20(28-11)16(9-18(25)26)13-6-14(8-15(21)7-13)19-12(10-22)4-3-5-17(19)27-2/h3-8,16H,9H2,1-2H3,(H,25,26). The Labute approximate surface area is 166 Å². The van der Waals surface area contributed by atoms with Gasteiger partial charge in [0.25, 0.3) is 0 Å². The van der Waals surface area contributed by atoms with Crippen molar-refractivity contribution >= 4 is 17.6 Å². The number of methoxy groups -OCH3 is 1. The highest BCUT2D eigenvalue weighted by Crippen LogP contribution is 2.38. The third kappa shape index (κ3) is 3.97. The lowest BCUT2D eigenvalue weighted by atomic mass is 9.91. The van der Waals surface area contributed by atoms with E-state index >= 15 is 0 Å². The summed E-state index contributed by atoms with van der Waals surface area (Å²) >= 11 is 6.33. The van der Waals surface area contributed by atoms with Gasteiger partial charge in [-0.25, -0.2) is 0 Å². The fourth-order valence-corrected chi connectivity index (χ4v) is 3.27. The van der Waals surface area contributed by atoms with Crippen LogP contribution in [0, 0.1) is 18.3 Å². The van der Waals surface area contributed by atoms with E-state index in [1.54, 1.807) is 43.3 Å².